The fraction of sp³-hybridized carbons (Fsp3) is 0.333. The summed E-state index contributed by atoms with van der Waals surface area (Å²) in [5, 5.41) is 11.8. The summed E-state index contributed by atoms with van der Waals surface area (Å²) in [6, 6.07) is 16.0. The number of anilines is 2. The lowest BCUT2D eigenvalue weighted by atomic mass is 9.86. The second kappa shape index (κ2) is 8.44. The van der Waals surface area contributed by atoms with Crippen LogP contribution < -0.4 is 9.62 Å². The number of para-hydroxylation sites is 2. The molecule has 1 amide bonds. The molecule has 0 aliphatic rings. The van der Waals surface area contributed by atoms with Crippen LogP contribution in [-0.4, -0.2) is 27.1 Å². The Bertz CT molecular complexity index is 1000. The van der Waals surface area contributed by atoms with Gasteiger partial charge in [-0.1, -0.05) is 51.1 Å². The van der Waals surface area contributed by atoms with Gasteiger partial charge in [-0.2, -0.15) is 5.26 Å². The molecule has 0 radical (unpaired) electrons. The van der Waals surface area contributed by atoms with Crippen molar-refractivity contribution in [3.8, 4) is 6.07 Å². The largest absolute Gasteiger partial charge is 0.325 e. The molecule has 7 heteroatoms. The third-order valence-electron chi connectivity index (χ3n) is 4.24. The van der Waals surface area contributed by atoms with Crippen LogP contribution >= 0.6 is 0 Å². The van der Waals surface area contributed by atoms with Crippen LogP contribution in [0.25, 0.3) is 0 Å². The third kappa shape index (κ3) is 5.33. The smallest absolute Gasteiger partial charge is 0.232 e. The van der Waals surface area contributed by atoms with Gasteiger partial charge in [0.25, 0.3) is 0 Å². The predicted octanol–water partition coefficient (Wildman–Crippen LogP) is 3.65. The van der Waals surface area contributed by atoms with Gasteiger partial charge in [0.2, 0.25) is 15.9 Å². The van der Waals surface area contributed by atoms with Gasteiger partial charge in [-0.15, -0.1) is 0 Å². The van der Waals surface area contributed by atoms with E-state index in [2.05, 4.69) is 5.32 Å². The molecule has 0 heterocycles. The van der Waals surface area contributed by atoms with E-state index < -0.39 is 10.0 Å². The fourth-order valence-corrected chi connectivity index (χ4v) is 3.84. The SMILES string of the molecule is CC(C)(C)c1ccccc1N(CCC(=O)Nc1ccccc1C#N)S(C)(=O)=O. The van der Waals surface area contributed by atoms with Gasteiger partial charge in [0.05, 0.1) is 23.2 Å². The van der Waals surface area contributed by atoms with Crippen molar-refractivity contribution in [1.82, 2.24) is 0 Å². The predicted molar refractivity (Wildman–Crippen MR) is 112 cm³/mol. The molecule has 0 saturated heterocycles. The molecule has 2 aromatic rings. The van der Waals surface area contributed by atoms with Gasteiger partial charge in [0.1, 0.15) is 6.07 Å². The number of amides is 1. The Balaban J connectivity index is 2.24. The maximum atomic E-state index is 12.4. The summed E-state index contributed by atoms with van der Waals surface area (Å²) < 4.78 is 26.1. The molecule has 1 N–H and O–H groups in total. The first-order chi connectivity index (χ1) is 13.0. The number of nitrogens with one attached hydrogen (secondary N) is 1. The molecule has 6 nitrogen and oxygen atoms in total. The zero-order chi connectivity index (χ0) is 20.9. The molecular weight excluding hydrogens is 374 g/mol. The molecule has 0 aliphatic heterocycles. The Morgan fingerprint density at radius 3 is 2.32 bits per heavy atom. The Hall–Kier alpha value is -2.85. The van der Waals surface area contributed by atoms with Crippen LogP contribution in [0.1, 0.15) is 38.3 Å². The number of carbonyl (C=O) groups excluding carboxylic acids is 1. The first kappa shape index (κ1) is 21.5. The first-order valence-electron chi connectivity index (χ1n) is 8.90. The monoisotopic (exact) mass is 399 g/mol. The number of rotatable bonds is 6. The number of benzene rings is 2. The van der Waals surface area contributed by atoms with Crippen LogP contribution in [0.15, 0.2) is 48.5 Å². The lowest BCUT2D eigenvalue weighted by Crippen LogP contribution is -2.35. The van der Waals surface area contributed by atoms with E-state index in [0.29, 0.717) is 16.9 Å². The summed E-state index contributed by atoms with van der Waals surface area (Å²) in [5.74, 6) is -0.357. The van der Waals surface area contributed by atoms with Crippen molar-refractivity contribution >= 4 is 27.3 Å². The molecule has 148 valence electrons. The van der Waals surface area contributed by atoms with E-state index in [1.165, 1.54) is 4.31 Å². The standard InChI is InChI=1S/C21H25N3O3S/c1-21(2,3)17-10-6-8-12-19(17)24(28(4,26)27)14-13-20(25)23-18-11-7-5-9-16(18)15-22/h5-12H,13-14H2,1-4H3,(H,23,25). The summed E-state index contributed by atoms with van der Waals surface area (Å²) in [4.78, 5) is 12.4. The highest BCUT2D eigenvalue weighted by Gasteiger charge is 2.26. The van der Waals surface area contributed by atoms with Gasteiger partial charge in [0.15, 0.2) is 0 Å². The van der Waals surface area contributed by atoms with Gasteiger partial charge >= 0.3 is 0 Å². The Kier molecular flexibility index (Phi) is 6.47. The maximum absolute atomic E-state index is 12.4. The summed E-state index contributed by atoms with van der Waals surface area (Å²) in [5.41, 5.74) is 1.97. The van der Waals surface area contributed by atoms with Crippen molar-refractivity contribution in [2.45, 2.75) is 32.6 Å². The van der Waals surface area contributed by atoms with E-state index in [-0.39, 0.29) is 24.3 Å². The van der Waals surface area contributed by atoms with E-state index in [0.717, 1.165) is 11.8 Å². The second-order valence-electron chi connectivity index (χ2n) is 7.56. The van der Waals surface area contributed by atoms with Crippen molar-refractivity contribution in [2.75, 3.05) is 22.4 Å². The quantitative estimate of drug-likeness (QED) is 0.803. The number of nitriles is 1. The van der Waals surface area contributed by atoms with E-state index in [1.54, 1.807) is 36.4 Å². The molecular formula is C21H25N3O3S. The summed E-state index contributed by atoms with van der Waals surface area (Å²) in [6.07, 6.45) is 1.10. The van der Waals surface area contributed by atoms with Gasteiger partial charge in [-0.3, -0.25) is 9.10 Å². The maximum Gasteiger partial charge on any atom is 0.232 e. The van der Waals surface area contributed by atoms with Crippen LogP contribution in [0.5, 0.6) is 0 Å². The number of carbonyl (C=O) groups is 1. The topological polar surface area (TPSA) is 90.3 Å². The molecule has 0 fully saturated rings. The minimum atomic E-state index is -3.58. The lowest BCUT2D eigenvalue weighted by Gasteiger charge is -2.30. The first-order valence-corrected chi connectivity index (χ1v) is 10.7. The second-order valence-corrected chi connectivity index (χ2v) is 9.46. The van der Waals surface area contributed by atoms with E-state index in [1.807, 2.05) is 39.0 Å². The zero-order valence-corrected chi connectivity index (χ0v) is 17.4. The third-order valence-corrected chi connectivity index (χ3v) is 5.42. The Morgan fingerprint density at radius 1 is 1.11 bits per heavy atom. The molecule has 0 saturated carbocycles. The van der Waals surface area contributed by atoms with Crippen molar-refractivity contribution in [3.05, 3.63) is 59.7 Å². The van der Waals surface area contributed by atoms with Crippen LogP contribution in [-0.2, 0) is 20.2 Å². The molecule has 0 aliphatic carbocycles. The van der Waals surface area contributed by atoms with Crippen molar-refractivity contribution in [3.63, 3.8) is 0 Å². The van der Waals surface area contributed by atoms with Crippen molar-refractivity contribution in [2.24, 2.45) is 0 Å². The zero-order valence-electron chi connectivity index (χ0n) is 16.6. The van der Waals surface area contributed by atoms with Crippen molar-refractivity contribution < 1.29 is 13.2 Å². The van der Waals surface area contributed by atoms with Gasteiger partial charge < -0.3 is 5.32 Å². The Morgan fingerprint density at radius 2 is 1.71 bits per heavy atom. The van der Waals surface area contributed by atoms with E-state index in [4.69, 9.17) is 5.26 Å². The van der Waals surface area contributed by atoms with Crippen LogP contribution in [0.2, 0.25) is 0 Å². The van der Waals surface area contributed by atoms with E-state index in [9.17, 15) is 13.2 Å². The van der Waals surface area contributed by atoms with Crippen molar-refractivity contribution in [1.29, 1.82) is 5.26 Å². The summed E-state index contributed by atoms with van der Waals surface area (Å²) >= 11 is 0. The lowest BCUT2D eigenvalue weighted by molar-refractivity contribution is -0.116. The number of sulfonamides is 1. The molecule has 2 aromatic carbocycles. The minimum Gasteiger partial charge on any atom is -0.325 e. The highest BCUT2D eigenvalue weighted by atomic mass is 32.2. The summed E-state index contributed by atoms with van der Waals surface area (Å²) in [7, 11) is -3.58. The molecule has 0 spiro atoms. The highest BCUT2D eigenvalue weighted by Crippen LogP contribution is 2.33. The molecule has 0 unspecified atom stereocenters. The summed E-state index contributed by atoms with van der Waals surface area (Å²) in [6.45, 7) is 6.04. The Labute approximate surface area is 166 Å². The van der Waals surface area contributed by atoms with Gasteiger partial charge in [-0.05, 0) is 29.2 Å². The minimum absolute atomic E-state index is 0.00643. The van der Waals surface area contributed by atoms with Crippen LogP contribution in [0.4, 0.5) is 11.4 Å². The number of nitrogens with zero attached hydrogens (tertiary/aromatic N) is 2. The molecule has 28 heavy (non-hydrogen) atoms. The molecule has 2 rings (SSSR count). The fourth-order valence-electron chi connectivity index (χ4n) is 2.90. The molecule has 0 bridgehead atoms. The van der Waals surface area contributed by atoms with Gasteiger partial charge in [-0.25, -0.2) is 8.42 Å². The number of hydrogen-bond acceptors (Lipinski definition) is 4. The normalized spacial score (nSPS) is 11.5. The number of hydrogen-bond donors (Lipinski definition) is 1. The average Bonchev–Trinajstić information content (AvgIpc) is 2.60. The highest BCUT2D eigenvalue weighted by molar-refractivity contribution is 7.92. The van der Waals surface area contributed by atoms with E-state index >= 15 is 0 Å². The average molecular weight is 400 g/mol. The molecule has 0 aromatic heterocycles. The van der Waals surface area contributed by atoms with Crippen LogP contribution in [0, 0.1) is 11.3 Å². The van der Waals surface area contributed by atoms with Crippen LogP contribution in [0.3, 0.4) is 0 Å². The van der Waals surface area contributed by atoms with Gasteiger partial charge in [0, 0.05) is 13.0 Å². The molecule has 0 atom stereocenters.